The maximum atomic E-state index is 10.6. The van der Waals surface area contributed by atoms with Gasteiger partial charge in [-0.25, -0.2) is 4.98 Å². The van der Waals surface area contributed by atoms with Crippen molar-refractivity contribution in [3.8, 4) is 17.1 Å². The van der Waals surface area contributed by atoms with E-state index >= 15 is 0 Å². The Morgan fingerprint density at radius 1 is 1.30 bits per heavy atom. The fourth-order valence-corrected chi connectivity index (χ4v) is 3.50. The Labute approximate surface area is 157 Å². The van der Waals surface area contributed by atoms with Crippen molar-refractivity contribution in [2.75, 3.05) is 25.1 Å². The molecule has 1 aliphatic heterocycles. The summed E-state index contributed by atoms with van der Waals surface area (Å²) in [6, 6.07) is 8.09. The van der Waals surface area contributed by atoms with Crippen molar-refractivity contribution in [2.24, 2.45) is 13.0 Å². The third-order valence-electron chi connectivity index (χ3n) is 5.12. The van der Waals surface area contributed by atoms with Crippen LogP contribution in [0.5, 0.6) is 5.75 Å². The Hall–Kier alpha value is -2.87. The lowest BCUT2D eigenvalue weighted by Crippen LogP contribution is -2.36. The summed E-state index contributed by atoms with van der Waals surface area (Å²) in [4.78, 5) is 10.9. The standard InChI is InChI=1S/C19H23N5O3/c1-23-11-8-20-18(23)16(25)13-6-9-24(10-7-13)19-21-17(22-27-19)14-4-3-5-15(12-14)26-2/h3-5,8,11-13,16,25H,6-7,9-10H2,1-2H3. The van der Waals surface area contributed by atoms with E-state index < -0.39 is 6.10 Å². The van der Waals surface area contributed by atoms with Crippen LogP contribution in [0.3, 0.4) is 0 Å². The number of aryl methyl sites for hydroxylation is 1. The number of imidazole rings is 1. The molecule has 1 unspecified atom stereocenters. The molecule has 142 valence electrons. The van der Waals surface area contributed by atoms with E-state index in [-0.39, 0.29) is 5.92 Å². The first kappa shape index (κ1) is 17.5. The van der Waals surface area contributed by atoms with Crippen LogP contribution in [0.25, 0.3) is 11.4 Å². The van der Waals surface area contributed by atoms with Crippen molar-refractivity contribution in [2.45, 2.75) is 18.9 Å². The fraction of sp³-hybridized carbons (Fsp3) is 0.421. The summed E-state index contributed by atoms with van der Waals surface area (Å²) >= 11 is 0. The number of hydrogen-bond acceptors (Lipinski definition) is 7. The van der Waals surface area contributed by atoms with Gasteiger partial charge in [-0.05, 0) is 30.9 Å². The van der Waals surface area contributed by atoms with Crippen LogP contribution in [0.2, 0.25) is 0 Å². The number of aliphatic hydroxyl groups excluding tert-OH is 1. The summed E-state index contributed by atoms with van der Waals surface area (Å²) in [5.74, 6) is 2.18. The van der Waals surface area contributed by atoms with Crippen LogP contribution in [-0.4, -0.2) is 45.0 Å². The van der Waals surface area contributed by atoms with Gasteiger partial charge in [0.2, 0.25) is 5.82 Å². The molecule has 1 aliphatic rings. The molecule has 1 N–H and O–H groups in total. The second kappa shape index (κ2) is 7.40. The Morgan fingerprint density at radius 3 is 2.81 bits per heavy atom. The number of rotatable bonds is 5. The molecule has 0 saturated carbocycles. The molecule has 8 nitrogen and oxygen atoms in total. The third kappa shape index (κ3) is 3.52. The van der Waals surface area contributed by atoms with Gasteiger partial charge in [0.25, 0.3) is 0 Å². The second-order valence-electron chi connectivity index (χ2n) is 6.80. The molecule has 1 fully saturated rings. The number of aromatic nitrogens is 4. The molecule has 2 aromatic heterocycles. The van der Waals surface area contributed by atoms with Gasteiger partial charge in [0.05, 0.1) is 7.11 Å². The minimum atomic E-state index is -0.554. The van der Waals surface area contributed by atoms with E-state index in [0.29, 0.717) is 17.7 Å². The molecular formula is C19H23N5O3. The van der Waals surface area contributed by atoms with E-state index in [0.717, 1.165) is 37.2 Å². The predicted octanol–water partition coefficient (Wildman–Crippen LogP) is 2.43. The molecule has 0 spiro atoms. The molecule has 4 rings (SSSR count). The number of piperidine rings is 1. The monoisotopic (exact) mass is 369 g/mol. The van der Waals surface area contributed by atoms with Crippen LogP contribution in [-0.2, 0) is 7.05 Å². The predicted molar refractivity (Wildman–Crippen MR) is 99.4 cm³/mol. The van der Waals surface area contributed by atoms with E-state index in [4.69, 9.17) is 9.26 Å². The van der Waals surface area contributed by atoms with Gasteiger partial charge in [-0.1, -0.05) is 17.3 Å². The van der Waals surface area contributed by atoms with E-state index in [9.17, 15) is 5.11 Å². The molecule has 1 aromatic carbocycles. The van der Waals surface area contributed by atoms with Crippen LogP contribution in [0, 0.1) is 5.92 Å². The van der Waals surface area contributed by atoms with Gasteiger partial charge < -0.3 is 23.8 Å². The van der Waals surface area contributed by atoms with E-state index in [1.54, 1.807) is 13.3 Å². The molecule has 27 heavy (non-hydrogen) atoms. The van der Waals surface area contributed by atoms with Gasteiger partial charge in [-0.3, -0.25) is 0 Å². The number of nitrogens with zero attached hydrogens (tertiary/aromatic N) is 5. The number of anilines is 1. The number of methoxy groups -OCH3 is 1. The Bertz CT molecular complexity index is 898. The van der Waals surface area contributed by atoms with Crippen molar-refractivity contribution < 1.29 is 14.4 Å². The fourth-order valence-electron chi connectivity index (χ4n) is 3.50. The highest BCUT2D eigenvalue weighted by Gasteiger charge is 2.30. The van der Waals surface area contributed by atoms with Gasteiger partial charge in [0.15, 0.2) is 0 Å². The summed E-state index contributed by atoms with van der Waals surface area (Å²) in [6.07, 6.45) is 4.69. The topological polar surface area (TPSA) is 89.4 Å². The maximum Gasteiger partial charge on any atom is 0.324 e. The van der Waals surface area contributed by atoms with Crippen LogP contribution < -0.4 is 9.64 Å². The second-order valence-corrected chi connectivity index (χ2v) is 6.80. The van der Waals surface area contributed by atoms with Crippen LogP contribution in [0.4, 0.5) is 6.01 Å². The highest BCUT2D eigenvalue weighted by atomic mass is 16.5. The minimum absolute atomic E-state index is 0.170. The zero-order valence-corrected chi connectivity index (χ0v) is 15.4. The molecule has 8 heteroatoms. The smallest absolute Gasteiger partial charge is 0.324 e. The minimum Gasteiger partial charge on any atom is -0.497 e. The zero-order chi connectivity index (χ0) is 18.8. The van der Waals surface area contributed by atoms with Gasteiger partial charge in [0.1, 0.15) is 17.7 Å². The van der Waals surface area contributed by atoms with Crippen LogP contribution in [0.1, 0.15) is 24.8 Å². The Kier molecular flexibility index (Phi) is 4.81. The van der Waals surface area contributed by atoms with Gasteiger partial charge >= 0.3 is 6.01 Å². The van der Waals surface area contributed by atoms with Crippen molar-refractivity contribution in [1.82, 2.24) is 19.7 Å². The third-order valence-corrected chi connectivity index (χ3v) is 5.12. The Morgan fingerprint density at radius 2 is 2.11 bits per heavy atom. The van der Waals surface area contributed by atoms with E-state index in [2.05, 4.69) is 20.0 Å². The molecule has 3 aromatic rings. The van der Waals surface area contributed by atoms with Crippen LogP contribution >= 0.6 is 0 Å². The highest BCUT2D eigenvalue weighted by Crippen LogP contribution is 2.32. The molecule has 1 atom stereocenters. The first-order chi connectivity index (χ1) is 13.2. The molecule has 0 radical (unpaired) electrons. The lowest BCUT2D eigenvalue weighted by atomic mass is 9.91. The number of ether oxygens (including phenoxy) is 1. The average molecular weight is 369 g/mol. The van der Waals surface area contributed by atoms with Crippen molar-refractivity contribution >= 4 is 6.01 Å². The molecule has 1 saturated heterocycles. The van der Waals surface area contributed by atoms with Crippen LogP contribution in [0.15, 0.2) is 41.2 Å². The lowest BCUT2D eigenvalue weighted by Gasteiger charge is -2.32. The molecule has 0 amide bonds. The molecule has 0 bridgehead atoms. The quantitative estimate of drug-likeness (QED) is 0.739. The van der Waals surface area contributed by atoms with E-state index in [1.165, 1.54) is 0 Å². The average Bonchev–Trinajstić information content (AvgIpc) is 3.37. The van der Waals surface area contributed by atoms with E-state index in [1.807, 2.05) is 42.1 Å². The summed E-state index contributed by atoms with van der Waals surface area (Å²) in [5.41, 5.74) is 0.851. The normalized spacial score (nSPS) is 16.5. The van der Waals surface area contributed by atoms with Gasteiger partial charge in [-0.2, -0.15) is 4.98 Å². The molecule has 3 heterocycles. The number of benzene rings is 1. The first-order valence-corrected chi connectivity index (χ1v) is 9.04. The highest BCUT2D eigenvalue weighted by molar-refractivity contribution is 5.58. The van der Waals surface area contributed by atoms with Crippen molar-refractivity contribution in [3.63, 3.8) is 0 Å². The summed E-state index contributed by atoms with van der Waals surface area (Å²) in [7, 11) is 3.53. The van der Waals surface area contributed by atoms with Gasteiger partial charge in [-0.15, -0.1) is 0 Å². The van der Waals surface area contributed by atoms with Crippen molar-refractivity contribution in [3.05, 3.63) is 42.5 Å². The van der Waals surface area contributed by atoms with Gasteiger partial charge in [0, 0.05) is 38.1 Å². The van der Waals surface area contributed by atoms with Crippen molar-refractivity contribution in [1.29, 1.82) is 0 Å². The zero-order valence-electron chi connectivity index (χ0n) is 15.4. The summed E-state index contributed by atoms with van der Waals surface area (Å²) in [5, 5.41) is 14.7. The maximum absolute atomic E-state index is 10.6. The molecule has 0 aliphatic carbocycles. The Balaban J connectivity index is 1.41. The summed E-state index contributed by atoms with van der Waals surface area (Å²) in [6.45, 7) is 1.51. The largest absolute Gasteiger partial charge is 0.497 e. The molecular weight excluding hydrogens is 346 g/mol. The SMILES string of the molecule is COc1cccc(-c2noc(N3CCC(C(O)c4nccn4C)CC3)n2)c1. The number of hydrogen-bond donors (Lipinski definition) is 1. The first-order valence-electron chi connectivity index (χ1n) is 9.04. The summed E-state index contributed by atoms with van der Waals surface area (Å²) < 4.78 is 12.6. The lowest BCUT2D eigenvalue weighted by molar-refractivity contribution is 0.0817. The number of aliphatic hydroxyl groups is 1.